The molecule has 0 aliphatic carbocycles. The molecule has 98 valence electrons. The van der Waals surface area contributed by atoms with Crippen LogP contribution in [0.2, 0.25) is 0 Å². The summed E-state index contributed by atoms with van der Waals surface area (Å²) in [6.45, 7) is 3.88. The molecule has 0 saturated heterocycles. The molecule has 0 spiro atoms. The summed E-state index contributed by atoms with van der Waals surface area (Å²) >= 11 is 0. The lowest BCUT2D eigenvalue weighted by Crippen LogP contribution is -2.30. The lowest BCUT2D eigenvalue weighted by Gasteiger charge is -2.14. The molecule has 1 heterocycles. The van der Waals surface area contributed by atoms with Gasteiger partial charge in [0.05, 0.1) is 13.2 Å². The quantitative estimate of drug-likeness (QED) is 0.564. The predicted molar refractivity (Wildman–Crippen MR) is 64.7 cm³/mol. The highest BCUT2D eigenvalue weighted by Gasteiger charge is 2.29. The van der Waals surface area contributed by atoms with Gasteiger partial charge in [-0.25, -0.2) is 0 Å². The van der Waals surface area contributed by atoms with Gasteiger partial charge in [-0.1, -0.05) is 0 Å². The van der Waals surface area contributed by atoms with Gasteiger partial charge in [-0.3, -0.25) is 14.6 Å². The summed E-state index contributed by atoms with van der Waals surface area (Å²) in [5, 5.41) is 0. The molecule has 0 amide bonds. The van der Waals surface area contributed by atoms with E-state index in [0.717, 1.165) is 5.56 Å². The summed E-state index contributed by atoms with van der Waals surface area (Å²) in [4.78, 5) is 27.3. The Kier molecular flexibility index (Phi) is 5.84. The molecule has 5 nitrogen and oxygen atoms in total. The Hall–Kier alpha value is -1.91. The Morgan fingerprint density at radius 3 is 2.06 bits per heavy atom. The van der Waals surface area contributed by atoms with Crippen LogP contribution in [-0.2, 0) is 25.5 Å². The van der Waals surface area contributed by atoms with E-state index in [2.05, 4.69) is 4.98 Å². The largest absolute Gasteiger partial charge is 0.465 e. The van der Waals surface area contributed by atoms with Crippen molar-refractivity contribution in [2.24, 2.45) is 5.92 Å². The number of carbonyl (C=O) groups excluding carboxylic acids is 2. The number of nitrogens with zero attached hydrogens (tertiary/aromatic N) is 1. The first kappa shape index (κ1) is 14.2. The second-order valence-electron chi connectivity index (χ2n) is 3.62. The van der Waals surface area contributed by atoms with Gasteiger partial charge in [0, 0.05) is 12.4 Å². The molecule has 0 saturated carbocycles. The zero-order valence-corrected chi connectivity index (χ0v) is 10.6. The summed E-state index contributed by atoms with van der Waals surface area (Å²) in [6.07, 6.45) is 3.49. The maximum Gasteiger partial charge on any atom is 0.320 e. The van der Waals surface area contributed by atoms with E-state index in [0.29, 0.717) is 0 Å². The molecule has 1 aromatic heterocycles. The number of hydrogen-bond acceptors (Lipinski definition) is 5. The van der Waals surface area contributed by atoms with Crippen molar-refractivity contribution in [1.29, 1.82) is 0 Å². The molecule has 5 heteroatoms. The van der Waals surface area contributed by atoms with Gasteiger partial charge in [-0.15, -0.1) is 0 Å². The number of rotatable bonds is 6. The molecule has 0 fully saturated rings. The van der Waals surface area contributed by atoms with Crippen molar-refractivity contribution < 1.29 is 19.1 Å². The van der Waals surface area contributed by atoms with Gasteiger partial charge < -0.3 is 9.47 Å². The van der Waals surface area contributed by atoms with Crippen molar-refractivity contribution in [2.45, 2.75) is 20.3 Å². The Morgan fingerprint density at radius 2 is 1.61 bits per heavy atom. The van der Waals surface area contributed by atoms with Crippen molar-refractivity contribution in [3.8, 4) is 0 Å². The van der Waals surface area contributed by atoms with E-state index in [1.165, 1.54) is 0 Å². The van der Waals surface area contributed by atoms with Crippen LogP contribution < -0.4 is 0 Å². The van der Waals surface area contributed by atoms with Crippen molar-refractivity contribution in [3.63, 3.8) is 0 Å². The van der Waals surface area contributed by atoms with Crippen LogP contribution in [0.4, 0.5) is 0 Å². The molecule has 0 aliphatic heterocycles. The lowest BCUT2D eigenvalue weighted by molar-refractivity contribution is -0.161. The predicted octanol–water partition coefficient (Wildman–Crippen LogP) is 1.37. The fourth-order valence-corrected chi connectivity index (χ4v) is 1.50. The minimum Gasteiger partial charge on any atom is -0.465 e. The molecule has 0 N–H and O–H groups in total. The van der Waals surface area contributed by atoms with Gasteiger partial charge in [0.25, 0.3) is 0 Å². The molecule has 0 aliphatic rings. The minimum absolute atomic E-state index is 0.241. The number of hydrogen-bond donors (Lipinski definition) is 0. The van der Waals surface area contributed by atoms with E-state index >= 15 is 0 Å². The summed E-state index contributed by atoms with van der Waals surface area (Å²) in [7, 11) is 0. The Bertz CT molecular complexity index is 373. The van der Waals surface area contributed by atoms with Gasteiger partial charge in [0.2, 0.25) is 0 Å². The van der Waals surface area contributed by atoms with Crippen molar-refractivity contribution in [3.05, 3.63) is 30.1 Å². The van der Waals surface area contributed by atoms with E-state index in [1.807, 2.05) is 0 Å². The van der Waals surface area contributed by atoms with Crippen molar-refractivity contribution >= 4 is 11.9 Å². The lowest BCUT2D eigenvalue weighted by atomic mass is 10.0. The second kappa shape index (κ2) is 7.42. The zero-order valence-electron chi connectivity index (χ0n) is 10.6. The highest BCUT2D eigenvalue weighted by molar-refractivity contribution is 5.95. The molecular weight excluding hydrogens is 234 g/mol. The molecule has 18 heavy (non-hydrogen) atoms. The smallest absolute Gasteiger partial charge is 0.320 e. The van der Waals surface area contributed by atoms with E-state index in [1.54, 1.807) is 38.4 Å². The number of carbonyl (C=O) groups is 2. The highest BCUT2D eigenvalue weighted by atomic mass is 16.6. The van der Waals surface area contributed by atoms with Crippen LogP contribution in [0, 0.1) is 5.92 Å². The summed E-state index contributed by atoms with van der Waals surface area (Å²) < 4.78 is 9.78. The molecule has 1 rings (SSSR count). The second-order valence-corrected chi connectivity index (χ2v) is 3.62. The van der Waals surface area contributed by atoms with Crippen LogP contribution in [0.1, 0.15) is 19.4 Å². The fraction of sp³-hybridized carbons (Fsp3) is 0.462. The summed E-state index contributed by atoms with van der Waals surface area (Å²) in [5.41, 5.74) is 0.844. The van der Waals surface area contributed by atoms with E-state index < -0.39 is 17.9 Å². The monoisotopic (exact) mass is 251 g/mol. The number of esters is 2. The van der Waals surface area contributed by atoms with Gasteiger partial charge in [0.1, 0.15) is 0 Å². The molecule has 0 unspecified atom stereocenters. The average molecular weight is 251 g/mol. The first-order valence-corrected chi connectivity index (χ1v) is 5.91. The topological polar surface area (TPSA) is 65.5 Å². The fourth-order valence-electron chi connectivity index (χ4n) is 1.50. The maximum absolute atomic E-state index is 11.7. The van der Waals surface area contributed by atoms with Crippen LogP contribution in [0.3, 0.4) is 0 Å². The molecular formula is C13H17NO4. The van der Waals surface area contributed by atoms with Crippen LogP contribution in [-0.4, -0.2) is 30.1 Å². The van der Waals surface area contributed by atoms with E-state index in [-0.39, 0.29) is 19.6 Å². The Labute approximate surface area is 106 Å². The molecule has 1 aromatic rings. The molecule has 0 radical (unpaired) electrons. The summed E-state index contributed by atoms with van der Waals surface area (Å²) in [5.74, 6) is -2.01. The number of pyridine rings is 1. The first-order chi connectivity index (χ1) is 8.69. The van der Waals surface area contributed by atoms with Crippen LogP contribution in [0.15, 0.2) is 24.5 Å². The highest BCUT2D eigenvalue weighted by Crippen LogP contribution is 2.12. The Balaban J connectivity index is 2.77. The molecule has 0 bridgehead atoms. The first-order valence-electron chi connectivity index (χ1n) is 5.91. The third kappa shape index (κ3) is 4.16. The summed E-state index contributed by atoms with van der Waals surface area (Å²) in [6, 6.07) is 3.51. The van der Waals surface area contributed by atoms with Crippen LogP contribution >= 0.6 is 0 Å². The van der Waals surface area contributed by atoms with Gasteiger partial charge >= 0.3 is 11.9 Å². The van der Waals surface area contributed by atoms with Gasteiger partial charge in [0.15, 0.2) is 5.92 Å². The third-order valence-electron chi connectivity index (χ3n) is 2.33. The maximum atomic E-state index is 11.7. The van der Waals surface area contributed by atoms with Crippen molar-refractivity contribution in [1.82, 2.24) is 4.98 Å². The van der Waals surface area contributed by atoms with E-state index in [9.17, 15) is 9.59 Å². The molecule has 0 aromatic carbocycles. The zero-order chi connectivity index (χ0) is 13.4. The van der Waals surface area contributed by atoms with Crippen LogP contribution in [0.25, 0.3) is 0 Å². The third-order valence-corrected chi connectivity index (χ3v) is 2.33. The van der Waals surface area contributed by atoms with Crippen LogP contribution in [0.5, 0.6) is 0 Å². The van der Waals surface area contributed by atoms with E-state index in [4.69, 9.17) is 9.47 Å². The minimum atomic E-state index is -0.910. The molecule has 0 atom stereocenters. The SMILES string of the molecule is CCOC(=O)C(Cc1ccncc1)C(=O)OCC. The standard InChI is InChI=1S/C13H17NO4/c1-3-17-12(15)11(13(16)18-4-2)9-10-5-7-14-8-6-10/h5-8,11H,3-4,9H2,1-2H3. The van der Waals surface area contributed by atoms with Gasteiger partial charge in [-0.05, 0) is 38.0 Å². The van der Waals surface area contributed by atoms with Gasteiger partial charge in [-0.2, -0.15) is 0 Å². The number of aromatic nitrogens is 1. The number of ether oxygens (including phenoxy) is 2. The Morgan fingerprint density at radius 1 is 1.11 bits per heavy atom. The normalized spacial score (nSPS) is 10.2. The van der Waals surface area contributed by atoms with Crippen molar-refractivity contribution in [2.75, 3.05) is 13.2 Å². The average Bonchev–Trinajstić information content (AvgIpc) is 2.37.